The summed E-state index contributed by atoms with van der Waals surface area (Å²) in [5.41, 5.74) is 0.773. The van der Waals surface area contributed by atoms with Crippen LogP contribution in [0.25, 0.3) is 0 Å². The monoisotopic (exact) mass is 528 g/mol. The minimum Gasteiger partial charge on any atom is -0.508 e. The number of hydrogen-bond acceptors (Lipinski definition) is 6. The van der Waals surface area contributed by atoms with Gasteiger partial charge in [0.15, 0.2) is 0 Å². The van der Waals surface area contributed by atoms with E-state index >= 15 is 0 Å². The lowest BCUT2D eigenvalue weighted by molar-refractivity contribution is -0.142. The number of hydrogen-bond donors (Lipinski definition) is 2. The van der Waals surface area contributed by atoms with E-state index in [1.165, 1.54) is 11.0 Å². The van der Waals surface area contributed by atoms with E-state index in [0.29, 0.717) is 11.3 Å². The second kappa shape index (κ2) is 8.90. The van der Waals surface area contributed by atoms with Crippen LogP contribution in [-0.2, 0) is 24.0 Å². The summed E-state index contributed by atoms with van der Waals surface area (Å²) in [4.78, 5) is 68.4. The van der Waals surface area contributed by atoms with Crippen molar-refractivity contribution in [1.82, 2.24) is 4.90 Å². The Balaban J connectivity index is 1.47. The van der Waals surface area contributed by atoms with Gasteiger partial charge in [-0.1, -0.05) is 42.0 Å². The molecule has 2 aliphatic carbocycles. The zero-order valence-corrected chi connectivity index (χ0v) is 21.3. The van der Waals surface area contributed by atoms with Crippen molar-refractivity contribution in [2.45, 2.75) is 32.1 Å². The first kappa shape index (κ1) is 25.0. The third kappa shape index (κ3) is 3.56. The van der Waals surface area contributed by atoms with E-state index in [2.05, 4.69) is 0 Å². The highest BCUT2D eigenvalue weighted by Crippen LogP contribution is 2.63. The van der Waals surface area contributed by atoms with Gasteiger partial charge >= 0.3 is 5.97 Å². The van der Waals surface area contributed by atoms with Crippen molar-refractivity contribution < 1.29 is 34.2 Å². The zero-order chi connectivity index (χ0) is 27.6. The molecule has 39 heavy (non-hydrogen) atoms. The van der Waals surface area contributed by atoms with Crippen LogP contribution in [0.3, 0.4) is 0 Å². The largest absolute Gasteiger partial charge is 0.508 e. The fourth-order valence-corrected chi connectivity index (χ4v) is 7.42. The Kier molecular flexibility index (Phi) is 5.71. The lowest BCUT2D eigenvalue weighted by Crippen LogP contribution is -2.48. The molecule has 2 aliphatic heterocycles. The predicted molar refractivity (Wildman–Crippen MR) is 138 cm³/mol. The topological polar surface area (TPSA) is 132 Å². The highest BCUT2D eigenvalue weighted by atomic mass is 16.4. The summed E-state index contributed by atoms with van der Waals surface area (Å²) in [7, 11) is 0. The molecule has 4 aliphatic rings. The van der Waals surface area contributed by atoms with E-state index < -0.39 is 46.9 Å². The predicted octanol–water partition coefficient (Wildman–Crippen LogP) is 3.10. The van der Waals surface area contributed by atoms with E-state index in [1.807, 2.05) is 12.1 Å². The van der Waals surface area contributed by atoms with Gasteiger partial charge in [-0.2, -0.15) is 0 Å². The SMILES string of the molecule is CC12C(=O)N(c3ccccc3)C(=O)C1CC1C(=CCC3C(=O)N(CCC(=O)O)C(=O)C31)C2c1cccc(O)c1. The molecule has 3 fully saturated rings. The highest BCUT2D eigenvalue weighted by Gasteiger charge is 2.67. The van der Waals surface area contributed by atoms with Crippen molar-refractivity contribution in [3.05, 3.63) is 71.8 Å². The van der Waals surface area contributed by atoms with Crippen molar-refractivity contribution in [1.29, 1.82) is 0 Å². The number of amides is 4. The molecule has 1 saturated carbocycles. The Morgan fingerprint density at radius 3 is 2.41 bits per heavy atom. The molecule has 6 unspecified atom stereocenters. The number of carboxylic acid groups (broad SMARTS) is 1. The number of likely N-dealkylation sites (tertiary alicyclic amines) is 1. The van der Waals surface area contributed by atoms with Crippen LogP contribution in [0.2, 0.25) is 0 Å². The molecule has 2 aromatic carbocycles. The third-order valence-electron chi connectivity index (χ3n) is 9.13. The van der Waals surface area contributed by atoms with Gasteiger partial charge in [-0.3, -0.25) is 28.9 Å². The summed E-state index contributed by atoms with van der Waals surface area (Å²) >= 11 is 0. The molecule has 6 atom stereocenters. The smallest absolute Gasteiger partial charge is 0.305 e. The molecule has 9 nitrogen and oxygen atoms in total. The first-order valence-electron chi connectivity index (χ1n) is 13.1. The average Bonchev–Trinajstić information content (AvgIpc) is 3.27. The van der Waals surface area contributed by atoms with Crippen molar-refractivity contribution >= 4 is 35.3 Å². The van der Waals surface area contributed by atoms with Crippen molar-refractivity contribution in [3.63, 3.8) is 0 Å². The van der Waals surface area contributed by atoms with Gasteiger partial charge < -0.3 is 10.2 Å². The number of nitrogens with zero attached hydrogens (tertiary/aromatic N) is 2. The Labute approximate surface area is 224 Å². The zero-order valence-electron chi connectivity index (χ0n) is 21.3. The third-order valence-corrected chi connectivity index (χ3v) is 9.13. The van der Waals surface area contributed by atoms with E-state index in [9.17, 15) is 29.1 Å². The molecule has 9 heteroatoms. The number of allylic oxidation sites excluding steroid dienone is 2. The minimum absolute atomic E-state index is 0.0210. The van der Waals surface area contributed by atoms with Crippen LogP contribution in [-0.4, -0.2) is 51.3 Å². The maximum Gasteiger partial charge on any atom is 0.305 e. The number of benzene rings is 2. The summed E-state index contributed by atoms with van der Waals surface area (Å²) < 4.78 is 0. The van der Waals surface area contributed by atoms with Crippen LogP contribution >= 0.6 is 0 Å². The Morgan fingerprint density at radius 2 is 1.72 bits per heavy atom. The first-order valence-corrected chi connectivity index (χ1v) is 13.1. The molecular weight excluding hydrogens is 500 g/mol. The number of aromatic hydroxyl groups is 1. The van der Waals surface area contributed by atoms with Gasteiger partial charge in [-0.05, 0) is 55.5 Å². The maximum atomic E-state index is 14.2. The number of anilines is 1. The summed E-state index contributed by atoms with van der Waals surface area (Å²) in [5.74, 6) is -5.77. The second-order valence-electron chi connectivity index (χ2n) is 11.1. The second-order valence-corrected chi connectivity index (χ2v) is 11.1. The van der Waals surface area contributed by atoms with Gasteiger partial charge in [0.25, 0.3) is 0 Å². The van der Waals surface area contributed by atoms with Gasteiger partial charge in [0, 0.05) is 12.5 Å². The Bertz CT molecular complexity index is 1450. The molecule has 6 rings (SSSR count). The molecule has 0 radical (unpaired) electrons. The quantitative estimate of drug-likeness (QED) is 0.450. The van der Waals surface area contributed by atoms with Crippen LogP contribution in [0.5, 0.6) is 5.75 Å². The van der Waals surface area contributed by atoms with E-state index in [4.69, 9.17) is 5.11 Å². The molecule has 0 spiro atoms. The summed E-state index contributed by atoms with van der Waals surface area (Å²) in [5, 5.41) is 19.5. The number of rotatable bonds is 5. The number of carbonyl (C=O) groups excluding carboxylic acids is 4. The lowest BCUT2D eigenvalue weighted by Gasteiger charge is -2.49. The molecule has 4 amide bonds. The number of phenols is 1. The van der Waals surface area contributed by atoms with Crippen LogP contribution in [0.15, 0.2) is 66.2 Å². The minimum atomic E-state index is -1.18. The Morgan fingerprint density at radius 1 is 0.974 bits per heavy atom. The number of imide groups is 2. The van der Waals surface area contributed by atoms with Gasteiger partial charge in [0.05, 0.1) is 35.3 Å². The molecule has 0 aromatic heterocycles. The first-order chi connectivity index (χ1) is 18.6. The Hall–Kier alpha value is -4.27. The highest BCUT2D eigenvalue weighted by molar-refractivity contribution is 6.24. The van der Waals surface area contributed by atoms with Gasteiger partial charge in [-0.15, -0.1) is 0 Å². The number of carboxylic acids is 1. The fourth-order valence-electron chi connectivity index (χ4n) is 7.42. The summed E-state index contributed by atoms with van der Waals surface area (Å²) in [6, 6.07) is 15.4. The standard InChI is InChI=1S/C30H28N2O7/c1-30-22(27(37)32(29(30)39)17-7-3-2-4-8-17)15-21-19(25(30)16-6-5-9-18(33)14-16)10-11-20-24(21)28(38)31(26(20)36)13-12-23(34)35/h2-10,14,20-22,24-25,33H,11-13,15H2,1H3,(H,34,35). The van der Waals surface area contributed by atoms with Gasteiger partial charge in [0.2, 0.25) is 23.6 Å². The van der Waals surface area contributed by atoms with Crippen LogP contribution in [0, 0.1) is 29.1 Å². The normalized spacial score (nSPS) is 31.6. The number of carbonyl (C=O) groups is 5. The van der Waals surface area contributed by atoms with Crippen molar-refractivity contribution in [2.75, 3.05) is 11.4 Å². The van der Waals surface area contributed by atoms with Crippen LogP contribution < -0.4 is 4.90 Å². The molecule has 0 bridgehead atoms. The van der Waals surface area contributed by atoms with Crippen LogP contribution in [0.1, 0.15) is 37.7 Å². The van der Waals surface area contributed by atoms with Crippen molar-refractivity contribution in [3.8, 4) is 5.75 Å². The summed E-state index contributed by atoms with van der Waals surface area (Å²) in [6.45, 7) is 1.60. The number of aliphatic carboxylic acids is 1. The number of para-hydroxylation sites is 1. The number of fused-ring (bicyclic) bond motifs is 4. The summed E-state index contributed by atoms with van der Waals surface area (Å²) in [6.07, 6.45) is 2.09. The van der Waals surface area contributed by atoms with Gasteiger partial charge in [-0.25, -0.2) is 4.90 Å². The maximum absolute atomic E-state index is 14.2. The van der Waals surface area contributed by atoms with E-state index in [0.717, 1.165) is 10.5 Å². The molecule has 2 heterocycles. The molecule has 2 saturated heterocycles. The number of phenolic OH excluding ortho intramolecular Hbond substituents is 1. The van der Waals surface area contributed by atoms with E-state index in [-0.39, 0.29) is 49.3 Å². The molecule has 2 aromatic rings. The molecular formula is C30H28N2O7. The molecule has 200 valence electrons. The van der Waals surface area contributed by atoms with Crippen molar-refractivity contribution in [2.24, 2.45) is 29.1 Å². The molecule has 2 N–H and O–H groups in total. The lowest BCUT2D eigenvalue weighted by atomic mass is 9.51. The average molecular weight is 529 g/mol. The van der Waals surface area contributed by atoms with Gasteiger partial charge in [0.1, 0.15) is 5.75 Å². The fraction of sp³-hybridized carbons (Fsp3) is 0.367. The van der Waals surface area contributed by atoms with E-state index in [1.54, 1.807) is 49.4 Å². The van der Waals surface area contributed by atoms with Crippen LogP contribution in [0.4, 0.5) is 5.69 Å².